The minimum absolute atomic E-state index is 0.525. The first kappa shape index (κ1) is 18.2. The molecule has 0 amide bonds. The molecule has 0 radical (unpaired) electrons. The normalized spacial score (nSPS) is 29.5. The molecule has 2 heterocycles. The highest BCUT2D eigenvalue weighted by Gasteiger charge is 2.42. The van der Waals surface area contributed by atoms with E-state index in [9.17, 15) is 0 Å². The van der Waals surface area contributed by atoms with E-state index in [0.29, 0.717) is 6.04 Å². The molecule has 142 valence electrons. The van der Waals surface area contributed by atoms with Crippen LogP contribution in [0.15, 0.2) is 24.3 Å². The van der Waals surface area contributed by atoms with Gasteiger partial charge in [-0.3, -0.25) is 4.90 Å². The lowest BCUT2D eigenvalue weighted by Gasteiger charge is -2.52. The highest BCUT2D eigenvalue weighted by atomic mass is 32.1. The molecule has 0 spiro atoms. The summed E-state index contributed by atoms with van der Waals surface area (Å²) in [7, 11) is 0. The maximum atomic E-state index is 5.66. The molecule has 2 unspecified atom stereocenters. The van der Waals surface area contributed by atoms with Crippen LogP contribution in [-0.2, 0) is 6.42 Å². The summed E-state index contributed by atoms with van der Waals surface area (Å²) in [6.45, 7) is 2.19. The van der Waals surface area contributed by atoms with Gasteiger partial charge in [-0.25, -0.2) is 0 Å². The van der Waals surface area contributed by atoms with Crippen molar-refractivity contribution >= 4 is 23.0 Å². The second-order valence-corrected chi connectivity index (χ2v) is 8.81. The van der Waals surface area contributed by atoms with E-state index in [4.69, 9.17) is 12.2 Å². The van der Waals surface area contributed by atoms with Crippen molar-refractivity contribution < 1.29 is 0 Å². The average molecular weight is 372 g/mol. The fraction of sp³-hybridized carbons (Fsp3) is 0.682. The molecule has 4 heteroatoms. The molecule has 1 aromatic rings. The van der Waals surface area contributed by atoms with Crippen LogP contribution < -0.4 is 10.6 Å². The molecular formula is C22H33N3S. The number of thiocarbonyl (C=S) groups is 1. The number of aryl methyl sites for hydroxylation is 1. The molecule has 0 aromatic heterocycles. The first-order valence-corrected chi connectivity index (χ1v) is 11.1. The van der Waals surface area contributed by atoms with Crippen molar-refractivity contribution in [1.29, 1.82) is 0 Å². The summed E-state index contributed by atoms with van der Waals surface area (Å²) in [5.41, 5.74) is 2.47. The Morgan fingerprint density at radius 2 is 1.65 bits per heavy atom. The van der Waals surface area contributed by atoms with Gasteiger partial charge in [0.15, 0.2) is 5.11 Å². The summed E-state index contributed by atoms with van der Waals surface area (Å²) < 4.78 is 0. The predicted octanol–water partition coefficient (Wildman–Crippen LogP) is 4.86. The van der Waals surface area contributed by atoms with E-state index >= 15 is 0 Å². The van der Waals surface area contributed by atoms with Crippen LogP contribution in [0.25, 0.3) is 0 Å². The van der Waals surface area contributed by atoms with Crippen LogP contribution in [0.2, 0.25) is 0 Å². The van der Waals surface area contributed by atoms with Crippen LogP contribution in [0, 0.1) is 0 Å². The largest absolute Gasteiger partial charge is 0.360 e. The Kier molecular flexibility index (Phi) is 5.80. The lowest BCUT2D eigenvalue weighted by molar-refractivity contribution is -0.00596. The molecule has 1 aliphatic carbocycles. The van der Waals surface area contributed by atoms with E-state index in [0.717, 1.165) is 35.3 Å². The molecule has 2 bridgehead atoms. The third-order valence-electron chi connectivity index (χ3n) is 6.76. The number of hydrogen-bond donors (Lipinski definition) is 2. The highest BCUT2D eigenvalue weighted by molar-refractivity contribution is 7.80. The van der Waals surface area contributed by atoms with Gasteiger partial charge in [0.25, 0.3) is 0 Å². The third-order valence-corrected chi connectivity index (χ3v) is 6.98. The number of para-hydroxylation sites is 1. The van der Waals surface area contributed by atoms with Gasteiger partial charge in [0.1, 0.15) is 0 Å². The molecule has 3 aliphatic rings. The number of rotatable bonds is 4. The number of nitrogens with one attached hydrogen (secondary N) is 2. The zero-order chi connectivity index (χ0) is 17.9. The lowest BCUT2D eigenvalue weighted by Crippen LogP contribution is -2.59. The summed E-state index contributed by atoms with van der Waals surface area (Å²) in [4.78, 5) is 2.93. The molecule has 2 N–H and O–H groups in total. The first-order valence-electron chi connectivity index (χ1n) is 10.7. The van der Waals surface area contributed by atoms with Crippen molar-refractivity contribution in [2.45, 2.75) is 95.3 Å². The van der Waals surface area contributed by atoms with Gasteiger partial charge in [0.05, 0.1) is 0 Å². The fourth-order valence-electron chi connectivity index (χ4n) is 5.63. The molecule has 4 rings (SSSR count). The Morgan fingerprint density at radius 3 is 2.35 bits per heavy atom. The van der Waals surface area contributed by atoms with Crippen molar-refractivity contribution in [2.24, 2.45) is 0 Å². The zero-order valence-corrected chi connectivity index (χ0v) is 16.9. The highest BCUT2D eigenvalue weighted by Crippen LogP contribution is 2.39. The maximum absolute atomic E-state index is 5.66. The second kappa shape index (κ2) is 8.26. The Labute approximate surface area is 163 Å². The van der Waals surface area contributed by atoms with Crippen LogP contribution in [0.3, 0.4) is 0 Å². The van der Waals surface area contributed by atoms with Crippen LogP contribution >= 0.6 is 12.2 Å². The standard InChI is InChI=1S/C22H33N3S/c1-2-16-8-3-6-13-21(16)24-22(26)23-17-14-19-11-7-12-20(15-17)25(19)18-9-4-5-10-18/h3,6,8,13,17-20H,2,4-5,7,9-12,14-15H2,1H3,(H2,23,24,26). The topological polar surface area (TPSA) is 27.3 Å². The van der Waals surface area contributed by atoms with Gasteiger partial charge in [0.2, 0.25) is 0 Å². The van der Waals surface area contributed by atoms with Crippen LogP contribution in [0.5, 0.6) is 0 Å². The Bertz CT molecular complexity index is 612. The Balaban J connectivity index is 1.36. The van der Waals surface area contributed by atoms with E-state index in [-0.39, 0.29) is 0 Å². The maximum Gasteiger partial charge on any atom is 0.171 e. The number of nitrogens with zero attached hydrogens (tertiary/aromatic N) is 1. The molecular weight excluding hydrogens is 338 g/mol. The number of piperidine rings is 2. The molecule has 2 saturated heterocycles. The van der Waals surface area contributed by atoms with Crippen molar-refractivity contribution in [3.05, 3.63) is 29.8 Å². The minimum atomic E-state index is 0.525. The van der Waals surface area contributed by atoms with Crippen LogP contribution in [0.4, 0.5) is 5.69 Å². The fourth-order valence-corrected chi connectivity index (χ4v) is 5.91. The van der Waals surface area contributed by atoms with E-state index in [2.05, 4.69) is 46.7 Å². The Morgan fingerprint density at radius 1 is 1.00 bits per heavy atom. The van der Waals surface area contributed by atoms with Crippen molar-refractivity contribution in [3.63, 3.8) is 0 Å². The average Bonchev–Trinajstić information content (AvgIpc) is 3.15. The van der Waals surface area contributed by atoms with E-state index in [1.807, 2.05) is 0 Å². The second-order valence-electron chi connectivity index (χ2n) is 8.40. The first-order chi connectivity index (χ1) is 12.7. The van der Waals surface area contributed by atoms with Gasteiger partial charge in [0, 0.05) is 29.9 Å². The molecule has 2 aliphatic heterocycles. The third kappa shape index (κ3) is 3.91. The molecule has 3 fully saturated rings. The van der Waals surface area contributed by atoms with Crippen LogP contribution in [0.1, 0.15) is 70.3 Å². The van der Waals surface area contributed by atoms with E-state index < -0.39 is 0 Å². The zero-order valence-electron chi connectivity index (χ0n) is 16.0. The minimum Gasteiger partial charge on any atom is -0.360 e. The van der Waals surface area contributed by atoms with Gasteiger partial charge in [-0.2, -0.15) is 0 Å². The molecule has 1 aromatic carbocycles. The van der Waals surface area contributed by atoms with Crippen molar-refractivity contribution in [2.75, 3.05) is 5.32 Å². The number of fused-ring (bicyclic) bond motifs is 2. The van der Waals surface area contributed by atoms with Gasteiger partial charge in [-0.05, 0) is 68.8 Å². The van der Waals surface area contributed by atoms with Gasteiger partial charge >= 0.3 is 0 Å². The number of benzene rings is 1. The summed E-state index contributed by atoms with van der Waals surface area (Å²) in [5, 5.41) is 7.89. The molecule has 3 nitrogen and oxygen atoms in total. The quantitative estimate of drug-likeness (QED) is 0.739. The lowest BCUT2D eigenvalue weighted by atomic mass is 9.80. The SMILES string of the molecule is CCc1ccccc1NC(=S)NC1CC2CCCC(C1)N2C1CCCC1. The van der Waals surface area contributed by atoms with Crippen molar-refractivity contribution in [1.82, 2.24) is 10.2 Å². The van der Waals surface area contributed by atoms with E-state index in [1.54, 1.807) is 0 Å². The van der Waals surface area contributed by atoms with E-state index in [1.165, 1.54) is 63.4 Å². The van der Waals surface area contributed by atoms with Crippen LogP contribution in [-0.4, -0.2) is 34.2 Å². The molecule has 1 saturated carbocycles. The van der Waals surface area contributed by atoms with Crippen molar-refractivity contribution in [3.8, 4) is 0 Å². The summed E-state index contributed by atoms with van der Waals surface area (Å²) in [6.07, 6.45) is 13.4. The van der Waals surface area contributed by atoms with Gasteiger partial charge in [-0.1, -0.05) is 44.4 Å². The Hall–Kier alpha value is -1.13. The molecule has 26 heavy (non-hydrogen) atoms. The number of anilines is 1. The smallest absolute Gasteiger partial charge is 0.171 e. The van der Waals surface area contributed by atoms with Gasteiger partial charge < -0.3 is 10.6 Å². The molecule has 2 atom stereocenters. The predicted molar refractivity (Wildman–Crippen MR) is 114 cm³/mol. The van der Waals surface area contributed by atoms with Gasteiger partial charge in [-0.15, -0.1) is 0 Å². The number of hydrogen-bond acceptors (Lipinski definition) is 2. The monoisotopic (exact) mass is 371 g/mol. The summed E-state index contributed by atoms with van der Waals surface area (Å²) in [6, 6.07) is 11.4. The summed E-state index contributed by atoms with van der Waals surface area (Å²) in [5.74, 6) is 0. The summed E-state index contributed by atoms with van der Waals surface area (Å²) >= 11 is 5.66.